The number of sulfonamides is 1. The SMILES string of the molecule is CCn1nc(C)cc1N(C1CCCC1)S(=O)(=O)c1ccc(OCC2CCOCC2)c(C(=O)O)c1. The van der Waals surface area contributed by atoms with E-state index in [0.29, 0.717) is 32.2 Å². The van der Waals surface area contributed by atoms with Crippen molar-refractivity contribution < 1.29 is 27.8 Å². The molecule has 0 unspecified atom stereocenters. The van der Waals surface area contributed by atoms with E-state index in [-0.39, 0.29) is 28.2 Å². The van der Waals surface area contributed by atoms with Crippen LogP contribution in [0.15, 0.2) is 29.2 Å². The molecule has 10 heteroatoms. The molecule has 9 nitrogen and oxygen atoms in total. The topological polar surface area (TPSA) is 111 Å². The average molecular weight is 492 g/mol. The first-order chi connectivity index (χ1) is 16.3. The molecule has 0 bridgehead atoms. The highest BCUT2D eigenvalue weighted by Crippen LogP contribution is 2.35. The maximum atomic E-state index is 13.9. The van der Waals surface area contributed by atoms with Crippen LogP contribution in [0.25, 0.3) is 0 Å². The lowest BCUT2D eigenvalue weighted by Crippen LogP contribution is -2.40. The predicted octanol–water partition coefficient (Wildman–Crippen LogP) is 3.85. The molecule has 34 heavy (non-hydrogen) atoms. The number of benzene rings is 1. The monoisotopic (exact) mass is 491 g/mol. The number of hydrogen-bond acceptors (Lipinski definition) is 6. The molecule has 1 aliphatic carbocycles. The Labute approximate surface area is 200 Å². The Morgan fingerprint density at radius 1 is 1.21 bits per heavy atom. The number of rotatable bonds is 9. The third-order valence-electron chi connectivity index (χ3n) is 6.62. The van der Waals surface area contributed by atoms with Crippen molar-refractivity contribution in [2.45, 2.75) is 69.9 Å². The zero-order valence-electron chi connectivity index (χ0n) is 19.8. The van der Waals surface area contributed by atoms with Gasteiger partial charge in [-0.25, -0.2) is 22.2 Å². The summed E-state index contributed by atoms with van der Waals surface area (Å²) >= 11 is 0. The normalized spacial score (nSPS) is 17.7. The zero-order valence-corrected chi connectivity index (χ0v) is 20.6. The number of aromatic nitrogens is 2. The largest absolute Gasteiger partial charge is 0.492 e. The van der Waals surface area contributed by atoms with E-state index in [9.17, 15) is 18.3 Å². The van der Waals surface area contributed by atoms with Gasteiger partial charge in [0.2, 0.25) is 0 Å². The molecule has 4 rings (SSSR count). The molecular formula is C24H33N3O6S. The first-order valence-corrected chi connectivity index (χ1v) is 13.4. The van der Waals surface area contributed by atoms with Gasteiger partial charge < -0.3 is 14.6 Å². The molecule has 0 amide bonds. The summed E-state index contributed by atoms with van der Waals surface area (Å²) in [5.74, 6) is -0.237. The lowest BCUT2D eigenvalue weighted by atomic mass is 10.0. The quantitative estimate of drug-likeness (QED) is 0.567. The van der Waals surface area contributed by atoms with Crippen LogP contribution in [0.4, 0.5) is 5.82 Å². The molecule has 1 aromatic carbocycles. The first-order valence-electron chi connectivity index (χ1n) is 12.0. The lowest BCUT2D eigenvalue weighted by molar-refractivity contribution is 0.0490. The molecule has 1 aromatic heterocycles. The van der Waals surface area contributed by atoms with Crippen LogP contribution in [0.1, 0.15) is 61.5 Å². The third kappa shape index (κ3) is 5.07. The second-order valence-corrected chi connectivity index (χ2v) is 10.8. The Hall–Kier alpha value is -2.59. The maximum absolute atomic E-state index is 13.9. The van der Waals surface area contributed by atoms with Gasteiger partial charge in [-0.15, -0.1) is 0 Å². The molecule has 2 heterocycles. The van der Waals surface area contributed by atoms with Gasteiger partial charge in [-0.3, -0.25) is 0 Å². The van der Waals surface area contributed by atoms with Crippen molar-refractivity contribution in [2.24, 2.45) is 5.92 Å². The number of aromatic carboxylic acids is 1. The molecule has 2 fully saturated rings. The molecule has 0 radical (unpaired) electrons. The fraction of sp³-hybridized carbons (Fsp3) is 0.583. The molecule has 1 saturated heterocycles. The minimum Gasteiger partial charge on any atom is -0.492 e. The fourth-order valence-electron chi connectivity index (χ4n) is 4.78. The molecule has 2 aromatic rings. The van der Waals surface area contributed by atoms with Crippen LogP contribution in [0, 0.1) is 12.8 Å². The summed E-state index contributed by atoms with van der Waals surface area (Å²) in [5.41, 5.74) is 0.581. The Balaban J connectivity index is 1.68. The Morgan fingerprint density at radius 3 is 2.56 bits per heavy atom. The van der Waals surface area contributed by atoms with Gasteiger partial charge in [-0.2, -0.15) is 5.10 Å². The number of hydrogen-bond donors (Lipinski definition) is 1. The van der Waals surface area contributed by atoms with E-state index < -0.39 is 16.0 Å². The molecule has 0 spiro atoms. The third-order valence-corrected chi connectivity index (χ3v) is 8.47. The first kappa shape index (κ1) is 24.5. The predicted molar refractivity (Wildman–Crippen MR) is 127 cm³/mol. The van der Waals surface area contributed by atoms with Gasteiger partial charge >= 0.3 is 5.97 Å². The van der Waals surface area contributed by atoms with Crippen molar-refractivity contribution >= 4 is 21.8 Å². The number of nitrogens with zero attached hydrogens (tertiary/aromatic N) is 3. The number of carboxylic acid groups (broad SMARTS) is 1. The van der Waals surface area contributed by atoms with Crippen LogP contribution in [0.2, 0.25) is 0 Å². The molecule has 1 saturated carbocycles. The summed E-state index contributed by atoms with van der Waals surface area (Å²) in [6.45, 7) is 5.99. The Bertz CT molecular complexity index is 1120. The molecule has 1 N–H and O–H groups in total. The van der Waals surface area contributed by atoms with Gasteiger partial charge in [0.15, 0.2) is 0 Å². The van der Waals surface area contributed by atoms with E-state index in [1.165, 1.54) is 22.5 Å². The second-order valence-electron chi connectivity index (χ2n) is 9.03. The van der Waals surface area contributed by atoms with Gasteiger partial charge in [-0.05, 0) is 63.6 Å². The van der Waals surface area contributed by atoms with Crippen LogP contribution < -0.4 is 9.04 Å². The van der Waals surface area contributed by atoms with E-state index in [1.54, 1.807) is 10.7 Å². The van der Waals surface area contributed by atoms with E-state index in [1.807, 2.05) is 13.8 Å². The minimum absolute atomic E-state index is 0.0586. The van der Waals surface area contributed by atoms with E-state index >= 15 is 0 Å². The smallest absolute Gasteiger partial charge is 0.339 e. The van der Waals surface area contributed by atoms with Gasteiger partial charge in [0, 0.05) is 31.9 Å². The summed E-state index contributed by atoms with van der Waals surface area (Å²) in [4.78, 5) is 12.0. The summed E-state index contributed by atoms with van der Waals surface area (Å²) < 4.78 is 42.2. The van der Waals surface area contributed by atoms with Crippen LogP contribution in [-0.4, -0.2) is 55.1 Å². The van der Waals surface area contributed by atoms with Crippen molar-refractivity contribution in [3.8, 4) is 5.75 Å². The summed E-state index contributed by atoms with van der Waals surface area (Å²) in [7, 11) is -4.03. The minimum atomic E-state index is -4.03. The van der Waals surface area contributed by atoms with Crippen molar-refractivity contribution in [2.75, 3.05) is 24.1 Å². The Morgan fingerprint density at radius 2 is 1.91 bits per heavy atom. The molecule has 0 atom stereocenters. The van der Waals surface area contributed by atoms with Crippen LogP contribution >= 0.6 is 0 Å². The number of ether oxygens (including phenoxy) is 2. The van der Waals surface area contributed by atoms with Gasteiger partial charge in [0.05, 0.1) is 17.2 Å². The highest BCUT2D eigenvalue weighted by molar-refractivity contribution is 7.92. The van der Waals surface area contributed by atoms with Gasteiger partial charge in [0.25, 0.3) is 10.0 Å². The van der Waals surface area contributed by atoms with E-state index in [0.717, 1.165) is 44.2 Å². The van der Waals surface area contributed by atoms with Crippen LogP contribution in [0.3, 0.4) is 0 Å². The standard InChI is InChI=1S/C24H33N3O6S/c1-3-26-23(14-17(2)25-26)27(19-6-4-5-7-19)34(30,31)20-8-9-22(21(15-20)24(28)29)33-16-18-10-12-32-13-11-18/h8-9,14-15,18-19H,3-7,10-13,16H2,1-2H3,(H,28,29). The van der Waals surface area contributed by atoms with Gasteiger partial charge in [0.1, 0.15) is 17.1 Å². The number of carboxylic acids is 1. The fourth-order valence-corrected chi connectivity index (χ4v) is 6.51. The number of anilines is 1. The van der Waals surface area contributed by atoms with Crippen molar-refractivity contribution in [1.82, 2.24) is 9.78 Å². The maximum Gasteiger partial charge on any atom is 0.339 e. The lowest BCUT2D eigenvalue weighted by Gasteiger charge is -2.30. The molecule has 186 valence electrons. The molecule has 1 aliphatic heterocycles. The van der Waals surface area contributed by atoms with Crippen molar-refractivity contribution in [3.05, 3.63) is 35.5 Å². The highest BCUT2D eigenvalue weighted by atomic mass is 32.2. The molecule has 2 aliphatic rings. The van der Waals surface area contributed by atoms with E-state index in [4.69, 9.17) is 9.47 Å². The summed E-state index contributed by atoms with van der Waals surface area (Å²) in [6.07, 6.45) is 5.13. The van der Waals surface area contributed by atoms with Crippen LogP contribution in [-0.2, 0) is 21.3 Å². The zero-order chi connectivity index (χ0) is 24.3. The molecular weight excluding hydrogens is 458 g/mol. The summed E-state index contributed by atoms with van der Waals surface area (Å²) in [5, 5.41) is 14.3. The van der Waals surface area contributed by atoms with Crippen molar-refractivity contribution in [1.29, 1.82) is 0 Å². The van der Waals surface area contributed by atoms with Crippen LogP contribution in [0.5, 0.6) is 5.75 Å². The Kier molecular flexibility index (Phi) is 7.47. The van der Waals surface area contributed by atoms with Crippen molar-refractivity contribution in [3.63, 3.8) is 0 Å². The summed E-state index contributed by atoms with van der Waals surface area (Å²) in [6, 6.07) is 5.72. The van der Waals surface area contributed by atoms with Gasteiger partial charge in [-0.1, -0.05) is 12.8 Å². The number of carbonyl (C=O) groups is 1. The second kappa shape index (κ2) is 10.4. The average Bonchev–Trinajstić information content (AvgIpc) is 3.48. The van der Waals surface area contributed by atoms with E-state index in [2.05, 4.69) is 5.10 Å². The number of aryl methyl sites for hydroxylation is 2. The highest BCUT2D eigenvalue weighted by Gasteiger charge is 2.36.